The third kappa shape index (κ3) is 1.69. The summed E-state index contributed by atoms with van der Waals surface area (Å²) in [6, 6.07) is 1.92. The van der Waals surface area contributed by atoms with Gasteiger partial charge in [-0.2, -0.15) is 4.98 Å². The number of nitrogens with zero attached hydrogens (tertiary/aromatic N) is 6. The number of rotatable bonds is 2. The van der Waals surface area contributed by atoms with Gasteiger partial charge in [0.25, 0.3) is 0 Å². The van der Waals surface area contributed by atoms with Crippen LogP contribution in [0.5, 0.6) is 5.88 Å². The average Bonchev–Trinajstić information content (AvgIpc) is 3.11. The highest BCUT2D eigenvalue weighted by Gasteiger charge is 2.14. The highest BCUT2D eigenvalue weighted by atomic mass is 16.5. The minimum absolute atomic E-state index is 0.157. The molecule has 0 aliphatic heterocycles. The molecule has 0 amide bonds. The normalized spacial score (nSPS) is 11.3. The number of fused-ring (bicyclic) bond motifs is 2. The Balaban J connectivity index is 2.01. The average molecular weight is 281 g/mol. The molecular formula is C13H11N7O. The first-order chi connectivity index (χ1) is 10.3. The Kier molecular flexibility index (Phi) is 2.31. The van der Waals surface area contributed by atoms with Gasteiger partial charge in [-0.15, -0.1) is 5.10 Å². The smallest absolute Gasteiger partial charge is 0.243 e. The molecule has 0 atom stereocenters. The van der Waals surface area contributed by atoms with Gasteiger partial charge in [-0.05, 0) is 6.07 Å². The SMILES string of the molecule is COc1nc(N)nn2ccc(-c3cnc4nccn4c3)c12. The maximum atomic E-state index is 5.66. The van der Waals surface area contributed by atoms with E-state index in [0.29, 0.717) is 11.7 Å². The first kappa shape index (κ1) is 11.6. The van der Waals surface area contributed by atoms with Crippen molar-refractivity contribution in [3.63, 3.8) is 0 Å². The molecule has 0 saturated heterocycles. The Morgan fingerprint density at radius 1 is 1.24 bits per heavy atom. The lowest BCUT2D eigenvalue weighted by Crippen LogP contribution is -2.03. The summed E-state index contributed by atoms with van der Waals surface area (Å²) in [5, 5.41) is 4.15. The molecule has 0 saturated carbocycles. The van der Waals surface area contributed by atoms with Gasteiger partial charge in [0.15, 0.2) is 0 Å². The van der Waals surface area contributed by atoms with E-state index >= 15 is 0 Å². The molecule has 8 nitrogen and oxygen atoms in total. The number of hydrogen-bond donors (Lipinski definition) is 1. The van der Waals surface area contributed by atoms with Crippen LogP contribution in [0.1, 0.15) is 0 Å². The van der Waals surface area contributed by atoms with Crippen LogP contribution in [0.2, 0.25) is 0 Å². The third-order valence-corrected chi connectivity index (χ3v) is 3.25. The lowest BCUT2D eigenvalue weighted by Gasteiger charge is -2.06. The van der Waals surface area contributed by atoms with Gasteiger partial charge < -0.3 is 10.5 Å². The first-order valence-corrected chi connectivity index (χ1v) is 6.24. The molecule has 0 aliphatic rings. The molecular weight excluding hydrogens is 270 g/mol. The van der Waals surface area contributed by atoms with Crippen LogP contribution in [0.25, 0.3) is 22.4 Å². The number of methoxy groups -OCH3 is 1. The van der Waals surface area contributed by atoms with Gasteiger partial charge in [0.05, 0.1) is 7.11 Å². The van der Waals surface area contributed by atoms with Crippen LogP contribution in [-0.2, 0) is 0 Å². The standard InChI is InChI=1S/C13H11N7O/c1-21-11-10-9(2-4-20(10)18-12(14)17-11)8-6-16-13-15-3-5-19(13)7-8/h2-7H,1H3,(H2,14,18). The van der Waals surface area contributed by atoms with Crippen molar-refractivity contribution in [1.82, 2.24) is 29.0 Å². The lowest BCUT2D eigenvalue weighted by atomic mass is 10.1. The number of anilines is 1. The summed E-state index contributed by atoms with van der Waals surface area (Å²) in [6.45, 7) is 0. The zero-order valence-electron chi connectivity index (χ0n) is 11.1. The van der Waals surface area contributed by atoms with E-state index in [9.17, 15) is 0 Å². The minimum atomic E-state index is 0.157. The highest BCUT2D eigenvalue weighted by molar-refractivity contribution is 5.84. The summed E-state index contributed by atoms with van der Waals surface area (Å²) in [6.07, 6.45) is 9.06. The fourth-order valence-electron chi connectivity index (χ4n) is 2.34. The largest absolute Gasteiger partial charge is 0.479 e. The lowest BCUT2D eigenvalue weighted by molar-refractivity contribution is 0.400. The Labute approximate surface area is 118 Å². The van der Waals surface area contributed by atoms with E-state index in [1.165, 1.54) is 0 Å². The van der Waals surface area contributed by atoms with Crippen molar-refractivity contribution in [2.45, 2.75) is 0 Å². The Hall–Kier alpha value is -3.16. The monoisotopic (exact) mass is 281 g/mol. The van der Waals surface area contributed by atoms with E-state index in [1.807, 2.05) is 29.1 Å². The molecule has 0 unspecified atom stereocenters. The van der Waals surface area contributed by atoms with E-state index in [2.05, 4.69) is 20.1 Å². The maximum Gasteiger partial charge on any atom is 0.243 e. The van der Waals surface area contributed by atoms with Gasteiger partial charge in [0.2, 0.25) is 17.6 Å². The van der Waals surface area contributed by atoms with Crippen LogP contribution in [0, 0.1) is 0 Å². The summed E-state index contributed by atoms with van der Waals surface area (Å²) < 4.78 is 8.81. The van der Waals surface area contributed by atoms with Crippen molar-refractivity contribution in [3.05, 3.63) is 37.1 Å². The number of nitrogen functional groups attached to an aromatic ring is 1. The van der Waals surface area contributed by atoms with Gasteiger partial charge in [-0.1, -0.05) is 0 Å². The van der Waals surface area contributed by atoms with Crippen molar-refractivity contribution < 1.29 is 4.74 Å². The van der Waals surface area contributed by atoms with Crippen LogP contribution in [0.3, 0.4) is 0 Å². The van der Waals surface area contributed by atoms with Gasteiger partial charge in [0, 0.05) is 42.1 Å². The van der Waals surface area contributed by atoms with Gasteiger partial charge in [-0.25, -0.2) is 14.5 Å². The Bertz CT molecular complexity index is 956. The number of hydrogen-bond acceptors (Lipinski definition) is 6. The highest BCUT2D eigenvalue weighted by Crippen LogP contribution is 2.30. The number of nitrogens with two attached hydrogens (primary N) is 1. The minimum Gasteiger partial charge on any atom is -0.479 e. The maximum absolute atomic E-state index is 5.66. The second-order valence-corrected chi connectivity index (χ2v) is 4.48. The first-order valence-electron chi connectivity index (χ1n) is 6.24. The Morgan fingerprint density at radius 3 is 3.00 bits per heavy atom. The van der Waals surface area contributed by atoms with Crippen LogP contribution in [0.15, 0.2) is 37.1 Å². The van der Waals surface area contributed by atoms with E-state index in [1.54, 1.807) is 24.0 Å². The summed E-state index contributed by atoms with van der Waals surface area (Å²) in [5.41, 5.74) is 8.23. The molecule has 4 rings (SSSR count). The van der Waals surface area contributed by atoms with Crippen molar-refractivity contribution in [2.24, 2.45) is 0 Å². The van der Waals surface area contributed by atoms with E-state index in [-0.39, 0.29) is 5.95 Å². The van der Waals surface area contributed by atoms with Crippen molar-refractivity contribution >= 4 is 17.2 Å². The predicted molar refractivity (Wildman–Crippen MR) is 75.9 cm³/mol. The number of ether oxygens (including phenoxy) is 1. The second-order valence-electron chi connectivity index (χ2n) is 4.48. The third-order valence-electron chi connectivity index (χ3n) is 3.25. The number of imidazole rings is 1. The van der Waals surface area contributed by atoms with Gasteiger partial charge in [-0.3, -0.25) is 4.40 Å². The number of aromatic nitrogens is 6. The van der Waals surface area contributed by atoms with Crippen LogP contribution in [-0.4, -0.2) is 36.1 Å². The van der Waals surface area contributed by atoms with Crippen LogP contribution < -0.4 is 10.5 Å². The molecule has 4 heterocycles. The van der Waals surface area contributed by atoms with E-state index in [0.717, 1.165) is 16.6 Å². The summed E-state index contributed by atoms with van der Waals surface area (Å²) >= 11 is 0. The molecule has 0 aliphatic carbocycles. The van der Waals surface area contributed by atoms with Crippen molar-refractivity contribution in [1.29, 1.82) is 0 Å². The van der Waals surface area contributed by atoms with Crippen LogP contribution >= 0.6 is 0 Å². The van der Waals surface area contributed by atoms with Crippen molar-refractivity contribution in [3.8, 4) is 17.0 Å². The molecule has 0 aromatic carbocycles. The van der Waals surface area contributed by atoms with Gasteiger partial charge in [0.1, 0.15) is 5.52 Å². The molecule has 104 valence electrons. The summed E-state index contributed by atoms with van der Waals surface area (Å²) in [4.78, 5) is 12.6. The van der Waals surface area contributed by atoms with E-state index < -0.39 is 0 Å². The second kappa shape index (κ2) is 4.17. The molecule has 8 heteroatoms. The molecule has 4 aromatic rings. The molecule has 4 aromatic heterocycles. The summed E-state index contributed by atoms with van der Waals surface area (Å²) in [5.74, 6) is 1.23. The molecule has 21 heavy (non-hydrogen) atoms. The fraction of sp³-hybridized carbons (Fsp3) is 0.0769. The fourth-order valence-corrected chi connectivity index (χ4v) is 2.34. The molecule has 0 radical (unpaired) electrons. The van der Waals surface area contributed by atoms with Crippen molar-refractivity contribution in [2.75, 3.05) is 12.8 Å². The zero-order chi connectivity index (χ0) is 14.4. The van der Waals surface area contributed by atoms with E-state index in [4.69, 9.17) is 10.5 Å². The molecule has 2 N–H and O–H groups in total. The molecule has 0 spiro atoms. The topological polar surface area (TPSA) is 95.6 Å². The van der Waals surface area contributed by atoms with Crippen LogP contribution in [0.4, 0.5) is 5.95 Å². The Morgan fingerprint density at radius 2 is 2.14 bits per heavy atom. The zero-order valence-corrected chi connectivity index (χ0v) is 11.1. The summed E-state index contributed by atoms with van der Waals surface area (Å²) in [7, 11) is 1.55. The predicted octanol–water partition coefficient (Wildman–Crippen LogP) is 1.03. The molecule has 0 fully saturated rings. The quantitative estimate of drug-likeness (QED) is 0.589. The molecule has 0 bridgehead atoms. The van der Waals surface area contributed by atoms with Gasteiger partial charge >= 0.3 is 0 Å².